The third kappa shape index (κ3) is 3.30. The zero-order valence-electron chi connectivity index (χ0n) is 13.9. The van der Waals surface area contributed by atoms with Crippen molar-refractivity contribution in [2.75, 3.05) is 13.7 Å². The maximum atomic E-state index is 12.4. The number of ether oxygens (including phenoxy) is 2. The summed E-state index contributed by atoms with van der Waals surface area (Å²) in [5.74, 6) is 1.16. The van der Waals surface area contributed by atoms with Crippen LogP contribution in [0.15, 0.2) is 57.2 Å². The first-order chi connectivity index (χ1) is 12.1. The van der Waals surface area contributed by atoms with Gasteiger partial charge in [-0.25, -0.2) is 4.79 Å². The Morgan fingerprint density at radius 2 is 1.96 bits per heavy atom. The normalized spacial score (nSPS) is 11.1. The number of aromatic amines is 1. The summed E-state index contributed by atoms with van der Waals surface area (Å²) < 4.78 is 11.5. The van der Waals surface area contributed by atoms with Gasteiger partial charge in [0, 0.05) is 0 Å². The van der Waals surface area contributed by atoms with E-state index in [-0.39, 0.29) is 0 Å². The van der Waals surface area contributed by atoms with Gasteiger partial charge in [0.2, 0.25) is 0 Å². The first kappa shape index (κ1) is 16.5. The highest BCUT2D eigenvalue weighted by molar-refractivity contribution is 5.81. The zero-order valence-corrected chi connectivity index (χ0v) is 13.9. The van der Waals surface area contributed by atoms with E-state index in [1.807, 2.05) is 6.92 Å². The van der Waals surface area contributed by atoms with Gasteiger partial charge in [0.1, 0.15) is 0 Å². The Hall–Kier alpha value is -3.35. The molecule has 0 atom stereocenters. The molecule has 1 N–H and O–H groups in total. The summed E-state index contributed by atoms with van der Waals surface area (Å²) in [5, 5.41) is 4.41. The van der Waals surface area contributed by atoms with Gasteiger partial charge in [0.15, 0.2) is 11.5 Å². The first-order valence-electron chi connectivity index (χ1n) is 7.73. The van der Waals surface area contributed by atoms with Crippen molar-refractivity contribution >= 4 is 17.1 Å². The lowest BCUT2D eigenvalue weighted by molar-refractivity contribution is 0.311. The average molecular weight is 339 g/mol. The van der Waals surface area contributed by atoms with Gasteiger partial charge in [-0.15, -0.1) is 4.68 Å². The van der Waals surface area contributed by atoms with Gasteiger partial charge >= 0.3 is 5.69 Å². The molecule has 3 aromatic rings. The number of fused-ring (bicyclic) bond motifs is 1. The average Bonchev–Trinajstić information content (AvgIpc) is 2.62. The second-order valence-corrected chi connectivity index (χ2v) is 5.18. The lowest BCUT2D eigenvalue weighted by Gasteiger charge is -2.09. The molecule has 0 aliphatic rings. The van der Waals surface area contributed by atoms with Crippen LogP contribution in [0, 0.1) is 0 Å². The predicted octanol–water partition coefficient (Wildman–Crippen LogP) is 1.98. The second-order valence-electron chi connectivity index (χ2n) is 5.18. The minimum absolute atomic E-state index is 0.392. The summed E-state index contributed by atoms with van der Waals surface area (Å²) in [6.45, 7) is 2.40. The van der Waals surface area contributed by atoms with E-state index in [1.54, 1.807) is 42.5 Å². The van der Waals surface area contributed by atoms with Gasteiger partial charge in [0.25, 0.3) is 5.56 Å². The van der Waals surface area contributed by atoms with Crippen LogP contribution in [0.25, 0.3) is 10.9 Å². The molecule has 7 heteroatoms. The molecular weight excluding hydrogens is 322 g/mol. The van der Waals surface area contributed by atoms with E-state index in [0.29, 0.717) is 34.6 Å². The van der Waals surface area contributed by atoms with Crippen molar-refractivity contribution in [2.45, 2.75) is 6.92 Å². The van der Waals surface area contributed by atoms with E-state index in [4.69, 9.17) is 9.47 Å². The van der Waals surface area contributed by atoms with Crippen LogP contribution >= 0.6 is 0 Å². The Kier molecular flexibility index (Phi) is 4.65. The van der Waals surface area contributed by atoms with Gasteiger partial charge in [0.05, 0.1) is 30.8 Å². The fourth-order valence-electron chi connectivity index (χ4n) is 2.42. The van der Waals surface area contributed by atoms with E-state index in [2.05, 4.69) is 10.1 Å². The van der Waals surface area contributed by atoms with Crippen molar-refractivity contribution in [3.05, 3.63) is 68.9 Å². The number of H-pyrrole nitrogens is 1. The molecule has 0 unspecified atom stereocenters. The SMILES string of the molecule is CCOc1ccc(C=Nn2c(=O)[nH]c3ccccc3c2=O)cc1OC. The van der Waals surface area contributed by atoms with Gasteiger partial charge in [-0.2, -0.15) is 5.10 Å². The summed E-state index contributed by atoms with van der Waals surface area (Å²) in [6, 6.07) is 12.0. The summed E-state index contributed by atoms with van der Waals surface area (Å²) in [4.78, 5) is 27.1. The number of aromatic nitrogens is 2. The molecule has 3 rings (SSSR count). The van der Waals surface area contributed by atoms with E-state index >= 15 is 0 Å². The fraction of sp³-hybridized carbons (Fsp3) is 0.167. The Balaban J connectivity index is 2.01. The van der Waals surface area contributed by atoms with Crippen LogP contribution in [-0.2, 0) is 0 Å². The highest BCUT2D eigenvalue weighted by atomic mass is 16.5. The Bertz CT molecular complexity index is 1050. The Morgan fingerprint density at radius 3 is 2.72 bits per heavy atom. The summed E-state index contributed by atoms with van der Waals surface area (Å²) in [7, 11) is 1.54. The molecule has 128 valence electrons. The van der Waals surface area contributed by atoms with E-state index < -0.39 is 11.2 Å². The molecule has 2 aromatic carbocycles. The smallest absolute Gasteiger partial charge is 0.349 e. The van der Waals surface area contributed by atoms with Crippen LogP contribution in [0.2, 0.25) is 0 Å². The topological polar surface area (TPSA) is 85.7 Å². The van der Waals surface area contributed by atoms with Crippen molar-refractivity contribution in [1.82, 2.24) is 9.66 Å². The van der Waals surface area contributed by atoms with E-state index in [1.165, 1.54) is 13.3 Å². The number of rotatable bonds is 5. The van der Waals surface area contributed by atoms with Gasteiger partial charge in [-0.1, -0.05) is 12.1 Å². The lowest BCUT2D eigenvalue weighted by Crippen LogP contribution is -2.32. The summed E-state index contributed by atoms with van der Waals surface area (Å²) in [5.41, 5.74) is 0.0674. The molecular formula is C18H17N3O4. The van der Waals surface area contributed by atoms with Crippen LogP contribution in [0.3, 0.4) is 0 Å². The molecule has 1 heterocycles. The van der Waals surface area contributed by atoms with Crippen molar-refractivity contribution in [1.29, 1.82) is 0 Å². The minimum atomic E-state index is -0.599. The number of benzene rings is 2. The van der Waals surface area contributed by atoms with Gasteiger partial charge in [-0.05, 0) is 42.8 Å². The Labute approximate surface area is 143 Å². The molecule has 0 saturated heterocycles. The molecule has 0 fully saturated rings. The molecule has 0 aliphatic carbocycles. The maximum Gasteiger partial charge on any atom is 0.349 e. The number of nitrogens with zero attached hydrogens (tertiary/aromatic N) is 2. The van der Waals surface area contributed by atoms with Crippen molar-refractivity contribution in [3.8, 4) is 11.5 Å². The third-order valence-electron chi connectivity index (χ3n) is 3.59. The van der Waals surface area contributed by atoms with E-state index in [9.17, 15) is 9.59 Å². The predicted molar refractivity (Wildman–Crippen MR) is 96.0 cm³/mol. The molecule has 7 nitrogen and oxygen atoms in total. The standard InChI is InChI=1S/C18H17N3O4/c1-3-25-15-9-8-12(10-16(15)24-2)11-19-21-17(22)13-6-4-5-7-14(13)20-18(21)23/h4-11H,3H2,1-2H3,(H,20,23). The molecule has 25 heavy (non-hydrogen) atoms. The van der Waals surface area contributed by atoms with Crippen LogP contribution < -0.4 is 20.7 Å². The van der Waals surface area contributed by atoms with Crippen LogP contribution in [0.5, 0.6) is 11.5 Å². The fourth-order valence-corrected chi connectivity index (χ4v) is 2.42. The summed E-state index contributed by atoms with van der Waals surface area (Å²) >= 11 is 0. The number of hydrogen-bond acceptors (Lipinski definition) is 5. The third-order valence-corrected chi connectivity index (χ3v) is 3.59. The zero-order chi connectivity index (χ0) is 17.8. The largest absolute Gasteiger partial charge is 0.493 e. The summed E-state index contributed by atoms with van der Waals surface area (Å²) in [6.07, 6.45) is 1.42. The first-order valence-corrected chi connectivity index (χ1v) is 7.73. The Morgan fingerprint density at radius 1 is 1.16 bits per heavy atom. The van der Waals surface area contributed by atoms with Crippen molar-refractivity contribution in [2.24, 2.45) is 5.10 Å². The quantitative estimate of drug-likeness (QED) is 0.720. The molecule has 0 spiro atoms. The number of nitrogens with one attached hydrogen (secondary N) is 1. The molecule has 0 aliphatic heterocycles. The van der Waals surface area contributed by atoms with Crippen LogP contribution in [-0.4, -0.2) is 29.6 Å². The van der Waals surface area contributed by atoms with Gasteiger partial charge in [-0.3, -0.25) is 4.79 Å². The van der Waals surface area contributed by atoms with E-state index in [0.717, 1.165) is 4.68 Å². The van der Waals surface area contributed by atoms with Crippen molar-refractivity contribution in [3.63, 3.8) is 0 Å². The van der Waals surface area contributed by atoms with Gasteiger partial charge < -0.3 is 14.5 Å². The highest BCUT2D eigenvalue weighted by Gasteiger charge is 2.07. The number of methoxy groups -OCH3 is 1. The van der Waals surface area contributed by atoms with Crippen molar-refractivity contribution < 1.29 is 9.47 Å². The molecule has 0 bridgehead atoms. The second kappa shape index (κ2) is 7.04. The van der Waals surface area contributed by atoms with Crippen LogP contribution in [0.4, 0.5) is 0 Å². The monoisotopic (exact) mass is 339 g/mol. The lowest BCUT2D eigenvalue weighted by atomic mass is 10.2. The molecule has 0 radical (unpaired) electrons. The molecule has 0 saturated carbocycles. The molecule has 1 aromatic heterocycles. The minimum Gasteiger partial charge on any atom is -0.493 e. The number of para-hydroxylation sites is 1. The number of hydrogen-bond donors (Lipinski definition) is 1. The highest BCUT2D eigenvalue weighted by Crippen LogP contribution is 2.27. The molecule has 0 amide bonds. The van der Waals surface area contributed by atoms with Crippen LogP contribution in [0.1, 0.15) is 12.5 Å². The maximum absolute atomic E-state index is 12.4.